The first kappa shape index (κ1) is 17.9. The van der Waals surface area contributed by atoms with E-state index in [9.17, 15) is 4.79 Å². The molecule has 0 radical (unpaired) electrons. The van der Waals surface area contributed by atoms with Gasteiger partial charge in [-0.3, -0.25) is 4.79 Å². The Morgan fingerprint density at radius 1 is 1.33 bits per heavy atom. The van der Waals surface area contributed by atoms with Gasteiger partial charge in [-0.15, -0.1) is 11.3 Å². The summed E-state index contributed by atoms with van der Waals surface area (Å²) >= 11 is 1.53. The zero-order chi connectivity index (χ0) is 18.8. The summed E-state index contributed by atoms with van der Waals surface area (Å²) in [6.45, 7) is 5.64. The van der Waals surface area contributed by atoms with Crippen molar-refractivity contribution >= 4 is 17.2 Å². The normalized spacial score (nSPS) is 17.3. The molecule has 1 aliphatic heterocycles. The molecule has 3 aromatic rings. The lowest BCUT2D eigenvalue weighted by molar-refractivity contribution is 0.0673. The lowest BCUT2D eigenvalue weighted by Gasteiger charge is -2.31. The molecular formula is C21H23N3O2S. The fourth-order valence-electron chi connectivity index (χ4n) is 3.63. The number of aromatic nitrogens is 2. The third kappa shape index (κ3) is 3.95. The van der Waals surface area contributed by atoms with E-state index in [0.717, 1.165) is 47.5 Å². The second kappa shape index (κ2) is 7.64. The average Bonchev–Trinajstić information content (AvgIpc) is 3.31. The molecule has 1 fully saturated rings. The maximum Gasteiger partial charge on any atom is 0.263 e. The molecule has 27 heavy (non-hydrogen) atoms. The van der Waals surface area contributed by atoms with Gasteiger partial charge in [0.15, 0.2) is 0 Å². The van der Waals surface area contributed by atoms with Crippen LogP contribution in [0.15, 0.2) is 40.2 Å². The van der Waals surface area contributed by atoms with Gasteiger partial charge in [0, 0.05) is 25.1 Å². The predicted octanol–water partition coefficient (Wildman–Crippen LogP) is 4.51. The molecule has 0 saturated carbocycles. The third-order valence-electron chi connectivity index (χ3n) is 5.06. The van der Waals surface area contributed by atoms with Crippen LogP contribution >= 0.6 is 11.3 Å². The highest BCUT2D eigenvalue weighted by Crippen LogP contribution is 2.25. The summed E-state index contributed by atoms with van der Waals surface area (Å²) in [5, 5.41) is 6.18. The number of piperidine rings is 1. The number of carbonyl (C=O) groups excluding carboxylic acids is 1. The van der Waals surface area contributed by atoms with Crippen LogP contribution in [-0.2, 0) is 6.42 Å². The highest BCUT2D eigenvalue weighted by Gasteiger charge is 2.27. The summed E-state index contributed by atoms with van der Waals surface area (Å²) in [6, 6.07) is 10.0. The molecular weight excluding hydrogens is 358 g/mol. The largest absolute Gasteiger partial charge is 0.339 e. The van der Waals surface area contributed by atoms with Crippen LogP contribution in [0.3, 0.4) is 0 Å². The zero-order valence-corrected chi connectivity index (χ0v) is 16.5. The number of benzene rings is 1. The number of hydrogen-bond donors (Lipinski definition) is 0. The van der Waals surface area contributed by atoms with E-state index in [2.05, 4.69) is 10.1 Å². The fraction of sp³-hybridized carbons (Fsp3) is 0.381. The second-order valence-corrected chi connectivity index (χ2v) is 8.19. The van der Waals surface area contributed by atoms with E-state index in [1.165, 1.54) is 11.3 Å². The third-order valence-corrected chi connectivity index (χ3v) is 6.10. The Labute approximate surface area is 163 Å². The molecule has 1 aromatic carbocycles. The number of likely N-dealkylation sites (tertiary alicyclic amines) is 1. The number of amides is 1. The van der Waals surface area contributed by atoms with Crippen LogP contribution in [-0.4, -0.2) is 34.0 Å². The van der Waals surface area contributed by atoms with Crippen LogP contribution in [0.2, 0.25) is 0 Å². The molecule has 1 amide bonds. The number of hydrogen-bond acceptors (Lipinski definition) is 5. The van der Waals surface area contributed by atoms with Crippen LogP contribution in [0.4, 0.5) is 0 Å². The Morgan fingerprint density at radius 3 is 2.96 bits per heavy atom. The average molecular weight is 382 g/mol. The molecule has 1 saturated heterocycles. The summed E-state index contributed by atoms with van der Waals surface area (Å²) in [5.41, 5.74) is 3.28. The summed E-state index contributed by atoms with van der Waals surface area (Å²) in [6.07, 6.45) is 2.81. The first-order valence-corrected chi connectivity index (χ1v) is 10.2. The molecule has 1 atom stereocenters. The van der Waals surface area contributed by atoms with Gasteiger partial charge in [-0.05, 0) is 55.2 Å². The van der Waals surface area contributed by atoms with Gasteiger partial charge >= 0.3 is 0 Å². The number of rotatable bonds is 4. The van der Waals surface area contributed by atoms with E-state index in [4.69, 9.17) is 4.52 Å². The number of aryl methyl sites for hydroxylation is 2. The summed E-state index contributed by atoms with van der Waals surface area (Å²) < 4.78 is 5.50. The Hall–Kier alpha value is -2.47. The first-order chi connectivity index (χ1) is 13.1. The Kier molecular flexibility index (Phi) is 5.07. The van der Waals surface area contributed by atoms with Gasteiger partial charge in [0.25, 0.3) is 5.91 Å². The van der Waals surface area contributed by atoms with Crippen molar-refractivity contribution in [3.05, 3.63) is 57.6 Å². The van der Waals surface area contributed by atoms with Crippen LogP contribution < -0.4 is 0 Å². The van der Waals surface area contributed by atoms with Gasteiger partial charge < -0.3 is 9.42 Å². The fourth-order valence-corrected chi connectivity index (χ4v) is 4.50. The minimum Gasteiger partial charge on any atom is -0.339 e. The van der Waals surface area contributed by atoms with E-state index in [0.29, 0.717) is 24.1 Å². The molecule has 3 heterocycles. The highest BCUT2D eigenvalue weighted by atomic mass is 32.1. The topological polar surface area (TPSA) is 59.2 Å². The van der Waals surface area contributed by atoms with Gasteiger partial charge in [0.1, 0.15) is 0 Å². The quantitative estimate of drug-likeness (QED) is 0.667. The smallest absolute Gasteiger partial charge is 0.263 e. The molecule has 0 unspecified atom stereocenters. The molecule has 1 aliphatic rings. The van der Waals surface area contributed by atoms with Crippen molar-refractivity contribution in [3.8, 4) is 11.4 Å². The van der Waals surface area contributed by atoms with E-state index < -0.39 is 0 Å². The van der Waals surface area contributed by atoms with E-state index in [1.54, 1.807) is 0 Å². The summed E-state index contributed by atoms with van der Waals surface area (Å²) in [5.74, 6) is 1.79. The van der Waals surface area contributed by atoms with Gasteiger partial charge in [-0.2, -0.15) is 4.98 Å². The molecule has 0 spiro atoms. The predicted molar refractivity (Wildman–Crippen MR) is 106 cm³/mol. The SMILES string of the molecule is Cc1csc(C(=O)N2CCC[C@@H](Cc3nc(-c4ccccc4C)no3)C2)c1. The highest BCUT2D eigenvalue weighted by molar-refractivity contribution is 7.12. The van der Waals surface area contributed by atoms with E-state index in [1.807, 2.05) is 54.5 Å². The Balaban J connectivity index is 1.43. The number of nitrogens with zero attached hydrogens (tertiary/aromatic N) is 3. The van der Waals surface area contributed by atoms with Crippen molar-refractivity contribution in [2.45, 2.75) is 33.1 Å². The van der Waals surface area contributed by atoms with Gasteiger partial charge in [-0.1, -0.05) is 29.4 Å². The van der Waals surface area contributed by atoms with Crippen LogP contribution in [0.25, 0.3) is 11.4 Å². The lowest BCUT2D eigenvalue weighted by Crippen LogP contribution is -2.40. The van der Waals surface area contributed by atoms with Crippen LogP contribution in [0, 0.1) is 19.8 Å². The van der Waals surface area contributed by atoms with Crippen LogP contribution in [0.1, 0.15) is 39.5 Å². The van der Waals surface area contributed by atoms with Crippen molar-refractivity contribution in [3.63, 3.8) is 0 Å². The second-order valence-electron chi connectivity index (χ2n) is 7.28. The molecule has 4 rings (SSSR count). The van der Waals surface area contributed by atoms with Gasteiger partial charge in [0.2, 0.25) is 11.7 Å². The lowest BCUT2D eigenvalue weighted by atomic mass is 9.94. The molecule has 6 heteroatoms. The maximum absolute atomic E-state index is 12.7. The summed E-state index contributed by atoms with van der Waals surface area (Å²) in [7, 11) is 0. The van der Waals surface area contributed by atoms with E-state index >= 15 is 0 Å². The standard InChI is InChI=1S/C21H23N3O2S/c1-14-10-18(27-13-14)21(25)24-9-5-7-16(12-24)11-19-22-20(23-26-19)17-8-4-3-6-15(17)2/h3-4,6,8,10,13,16H,5,7,9,11-12H2,1-2H3/t16-/m0/s1. The van der Waals surface area contributed by atoms with Crippen LogP contribution in [0.5, 0.6) is 0 Å². The number of thiophene rings is 1. The van der Waals surface area contributed by atoms with Crippen molar-refractivity contribution in [2.24, 2.45) is 5.92 Å². The minimum absolute atomic E-state index is 0.143. The van der Waals surface area contributed by atoms with Gasteiger partial charge in [0.05, 0.1) is 4.88 Å². The molecule has 140 valence electrons. The van der Waals surface area contributed by atoms with E-state index in [-0.39, 0.29) is 5.91 Å². The van der Waals surface area contributed by atoms with Crippen molar-refractivity contribution in [2.75, 3.05) is 13.1 Å². The zero-order valence-electron chi connectivity index (χ0n) is 15.6. The van der Waals surface area contributed by atoms with Crippen molar-refractivity contribution in [1.29, 1.82) is 0 Å². The maximum atomic E-state index is 12.7. The molecule has 5 nitrogen and oxygen atoms in total. The monoisotopic (exact) mass is 381 g/mol. The molecule has 0 bridgehead atoms. The number of carbonyl (C=O) groups is 1. The molecule has 2 aromatic heterocycles. The van der Waals surface area contributed by atoms with Gasteiger partial charge in [-0.25, -0.2) is 0 Å². The Morgan fingerprint density at radius 2 is 2.19 bits per heavy atom. The molecule has 0 N–H and O–H groups in total. The van der Waals surface area contributed by atoms with Crippen molar-refractivity contribution in [1.82, 2.24) is 15.0 Å². The Bertz CT molecular complexity index is 946. The minimum atomic E-state index is 0.143. The molecule has 0 aliphatic carbocycles. The summed E-state index contributed by atoms with van der Waals surface area (Å²) in [4.78, 5) is 20.1. The van der Waals surface area contributed by atoms with Crippen molar-refractivity contribution < 1.29 is 9.32 Å². The first-order valence-electron chi connectivity index (χ1n) is 9.33.